The van der Waals surface area contributed by atoms with Crippen LogP contribution in [0.15, 0.2) is 18.3 Å². The molecule has 0 atom stereocenters. The maximum atomic E-state index is 12.4. The molecule has 1 rings (SSSR count). The van der Waals surface area contributed by atoms with Crippen LogP contribution in [0, 0.1) is 0 Å². The number of aromatic nitrogens is 1. The minimum absolute atomic E-state index is 0.0391. The molecule has 0 amide bonds. The molecule has 7 heteroatoms. The Labute approximate surface area is 103 Å². The zero-order chi connectivity index (χ0) is 13.4. The molecule has 0 fully saturated rings. The van der Waals surface area contributed by atoms with Crippen LogP contribution in [0.1, 0.15) is 12.0 Å². The summed E-state index contributed by atoms with van der Waals surface area (Å²) in [5, 5.41) is 11.2. The molecule has 0 spiro atoms. The zero-order valence-corrected chi connectivity index (χ0v) is 9.70. The summed E-state index contributed by atoms with van der Waals surface area (Å²) in [6.07, 6.45) is -2.62. The first-order valence-corrected chi connectivity index (χ1v) is 5.50. The largest absolute Gasteiger partial charge is 0.416 e. The predicted octanol–water partition coefficient (Wildman–Crippen LogP) is 1.91. The molecule has 0 aliphatic rings. The van der Waals surface area contributed by atoms with Crippen molar-refractivity contribution in [2.24, 2.45) is 0 Å². The van der Waals surface area contributed by atoms with E-state index in [1.165, 1.54) is 0 Å². The van der Waals surface area contributed by atoms with E-state index in [4.69, 9.17) is 9.84 Å². The number of ether oxygens (including phenoxy) is 1. The number of aliphatic hydroxyl groups excluding tert-OH is 1. The fourth-order valence-corrected chi connectivity index (χ4v) is 1.26. The fraction of sp³-hybridized carbons (Fsp3) is 0.545. The number of halogens is 3. The van der Waals surface area contributed by atoms with Crippen LogP contribution in [-0.2, 0) is 10.9 Å². The van der Waals surface area contributed by atoms with E-state index >= 15 is 0 Å². The Balaban J connectivity index is 2.34. The lowest BCUT2D eigenvalue weighted by Crippen LogP contribution is -2.10. The molecule has 0 saturated heterocycles. The summed E-state index contributed by atoms with van der Waals surface area (Å²) in [5.41, 5.74) is -0.725. The third-order valence-corrected chi connectivity index (χ3v) is 2.09. The summed E-state index contributed by atoms with van der Waals surface area (Å²) >= 11 is 0. The van der Waals surface area contributed by atoms with Gasteiger partial charge in [0.15, 0.2) is 0 Å². The standard InChI is InChI=1S/C11H15F3N2O2/c12-11(13,14)9-2-4-16-10(8-9)15-3-1-6-18-7-5-17/h2,4,8,17H,1,3,5-7H2,(H,15,16). The molecule has 4 nitrogen and oxygen atoms in total. The molecule has 102 valence electrons. The molecule has 2 N–H and O–H groups in total. The van der Waals surface area contributed by atoms with Crippen LogP contribution in [-0.4, -0.2) is 36.5 Å². The number of rotatable bonds is 7. The Bertz CT molecular complexity index is 358. The molecule has 0 aliphatic heterocycles. The maximum absolute atomic E-state index is 12.4. The van der Waals surface area contributed by atoms with Crippen LogP contribution in [0.2, 0.25) is 0 Å². The summed E-state index contributed by atoms with van der Waals surface area (Å²) in [7, 11) is 0. The van der Waals surface area contributed by atoms with Gasteiger partial charge in [0.1, 0.15) is 5.82 Å². The molecule has 0 saturated carbocycles. The van der Waals surface area contributed by atoms with Gasteiger partial charge in [-0.25, -0.2) is 4.98 Å². The van der Waals surface area contributed by atoms with Crippen molar-refractivity contribution in [1.29, 1.82) is 0 Å². The number of nitrogens with one attached hydrogen (secondary N) is 1. The van der Waals surface area contributed by atoms with Gasteiger partial charge >= 0.3 is 6.18 Å². The molecule has 0 bridgehead atoms. The van der Waals surface area contributed by atoms with E-state index in [2.05, 4.69) is 10.3 Å². The average Bonchev–Trinajstić information content (AvgIpc) is 2.33. The van der Waals surface area contributed by atoms with Crippen LogP contribution in [0.5, 0.6) is 0 Å². The molecule has 0 aliphatic carbocycles. The van der Waals surface area contributed by atoms with Gasteiger partial charge in [0, 0.05) is 19.3 Å². The molecule has 1 heterocycles. The Kier molecular flexibility index (Phi) is 5.87. The smallest absolute Gasteiger partial charge is 0.394 e. The number of pyridine rings is 1. The van der Waals surface area contributed by atoms with Crippen LogP contribution in [0.3, 0.4) is 0 Å². The Morgan fingerprint density at radius 1 is 1.33 bits per heavy atom. The number of aliphatic hydroxyl groups is 1. The first-order valence-electron chi connectivity index (χ1n) is 5.50. The molecule has 1 aromatic rings. The van der Waals surface area contributed by atoms with Gasteiger partial charge in [0.05, 0.1) is 18.8 Å². The highest BCUT2D eigenvalue weighted by atomic mass is 19.4. The summed E-state index contributed by atoms with van der Waals surface area (Å²) < 4.78 is 42.2. The van der Waals surface area contributed by atoms with Crippen molar-refractivity contribution in [3.8, 4) is 0 Å². The van der Waals surface area contributed by atoms with E-state index in [1.54, 1.807) is 0 Å². The molecule has 0 aromatic carbocycles. The number of hydrogen-bond donors (Lipinski definition) is 2. The van der Waals surface area contributed by atoms with Crippen molar-refractivity contribution in [1.82, 2.24) is 4.98 Å². The molecule has 0 radical (unpaired) electrons. The first kappa shape index (κ1) is 14.7. The highest BCUT2D eigenvalue weighted by molar-refractivity contribution is 5.38. The lowest BCUT2D eigenvalue weighted by Gasteiger charge is -2.09. The molecule has 1 aromatic heterocycles. The van der Waals surface area contributed by atoms with Gasteiger partial charge in [-0.3, -0.25) is 0 Å². The van der Waals surface area contributed by atoms with Crippen LogP contribution in [0.4, 0.5) is 19.0 Å². The maximum Gasteiger partial charge on any atom is 0.416 e. The van der Waals surface area contributed by atoms with E-state index < -0.39 is 11.7 Å². The average molecular weight is 264 g/mol. The van der Waals surface area contributed by atoms with E-state index in [9.17, 15) is 13.2 Å². The van der Waals surface area contributed by atoms with Gasteiger partial charge in [-0.05, 0) is 18.6 Å². The van der Waals surface area contributed by atoms with E-state index in [0.29, 0.717) is 19.6 Å². The normalized spacial score (nSPS) is 11.6. The van der Waals surface area contributed by atoms with Crippen molar-refractivity contribution in [3.63, 3.8) is 0 Å². The predicted molar refractivity (Wildman–Crippen MR) is 60.3 cm³/mol. The number of alkyl halides is 3. The monoisotopic (exact) mass is 264 g/mol. The van der Waals surface area contributed by atoms with Gasteiger partial charge in [-0.2, -0.15) is 13.2 Å². The second-order valence-electron chi connectivity index (χ2n) is 3.54. The van der Waals surface area contributed by atoms with Crippen LogP contribution >= 0.6 is 0 Å². The summed E-state index contributed by atoms with van der Waals surface area (Å²) in [6.45, 7) is 1.12. The lowest BCUT2D eigenvalue weighted by atomic mass is 10.2. The van der Waals surface area contributed by atoms with E-state index in [-0.39, 0.29) is 19.0 Å². The Morgan fingerprint density at radius 2 is 2.11 bits per heavy atom. The first-order chi connectivity index (χ1) is 8.54. The van der Waals surface area contributed by atoms with Gasteiger partial charge in [-0.1, -0.05) is 0 Å². The highest BCUT2D eigenvalue weighted by Gasteiger charge is 2.30. The number of anilines is 1. The molecule has 18 heavy (non-hydrogen) atoms. The second-order valence-corrected chi connectivity index (χ2v) is 3.54. The van der Waals surface area contributed by atoms with E-state index in [0.717, 1.165) is 18.3 Å². The third kappa shape index (κ3) is 5.33. The quantitative estimate of drug-likeness (QED) is 0.739. The number of hydrogen-bond acceptors (Lipinski definition) is 4. The second kappa shape index (κ2) is 7.17. The van der Waals surface area contributed by atoms with E-state index in [1.807, 2.05) is 0 Å². The van der Waals surface area contributed by atoms with Crippen molar-refractivity contribution in [2.75, 3.05) is 31.7 Å². The third-order valence-electron chi connectivity index (χ3n) is 2.09. The Hall–Kier alpha value is -1.34. The Morgan fingerprint density at radius 3 is 2.78 bits per heavy atom. The molecular formula is C11H15F3N2O2. The van der Waals surface area contributed by atoms with Crippen molar-refractivity contribution in [2.45, 2.75) is 12.6 Å². The molecule has 0 unspecified atom stereocenters. The van der Waals surface area contributed by atoms with Gasteiger partial charge < -0.3 is 15.2 Å². The minimum atomic E-state index is -4.36. The molecular weight excluding hydrogens is 249 g/mol. The van der Waals surface area contributed by atoms with Gasteiger partial charge in [-0.15, -0.1) is 0 Å². The highest BCUT2D eigenvalue weighted by Crippen LogP contribution is 2.29. The minimum Gasteiger partial charge on any atom is -0.394 e. The van der Waals surface area contributed by atoms with Crippen molar-refractivity contribution >= 4 is 5.82 Å². The lowest BCUT2D eigenvalue weighted by molar-refractivity contribution is -0.137. The SMILES string of the molecule is OCCOCCCNc1cc(C(F)(F)F)ccn1. The topological polar surface area (TPSA) is 54.4 Å². The van der Waals surface area contributed by atoms with Crippen molar-refractivity contribution < 1.29 is 23.0 Å². The van der Waals surface area contributed by atoms with Crippen molar-refractivity contribution in [3.05, 3.63) is 23.9 Å². The fourth-order valence-electron chi connectivity index (χ4n) is 1.26. The van der Waals surface area contributed by atoms with Crippen LogP contribution in [0.25, 0.3) is 0 Å². The zero-order valence-electron chi connectivity index (χ0n) is 9.70. The van der Waals surface area contributed by atoms with Gasteiger partial charge in [0.2, 0.25) is 0 Å². The number of nitrogens with zero attached hydrogens (tertiary/aromatic N) is 1. The summed E-state index contributed by atoms with van der Waals surface area (Å²) in [6, 6.07) is 1.89. The van der Waals surface area contributed by atoms with Gasteiger partial charge in [0.25, 0.3) is 0 Å². The van der Waals surface area contributed by atoms with Crippen LogP contribution < -0.4 is 5.32 Å². The summed E-state index contributed by atoms with van der Waals surface area (Å²) in [5.74, 6) is 0.187. The summed E-state index contributed by atoms with van der Waals surface area (Å²) in [4.78, 5) is 3.79.